The molecule has 0 aromatic carbocycles. The van der Waals surface area contributed by atoms with Crippen molar-refractivity contribution in [2.75, 3.05) is 12.8 Å². The molecule has 1 aromatic heterocycles. The summed E-state index contributed by atoms with van der Waals surface area (Å²) in [5, 5.41) is 6.56. The van der Waals surface area contributed by atoms with Gasteiger partial charge in [-0.05, 0) is 19.8 Å². The van der Waals surface area contributed by atoms with Gasteiger partial charge in [-0.15, -0.1) is 0 Å². The molecular formula is C13H22N4O4S. The average Bonchev–Trinajstić information content (AvgIpc) is 3.07. The van der Waals surface area contributed by atoms with Gasteiger partial charge in [0.25, 0.3) is 0 Å². The molecule has 8 nitrogen and oxygen atoms in total. The lowest BCUT2D eigenvalue weighted by molar-refractivity contribution is -0.122. The molecule has 1 aliphatic rings. The zero-order chi connectivity index (χ0) is 16.2. The molecule has 1 aliphatic carbocycles. The third kappa shape index (κ3) is 5.06. The molecule has 0 saturated heterocycles. The minimum atomic E-state index is -3.40. The van der Waals surface area contributed by atoms with Crippen LogP contribution in [0.2, 0.25) is 0 Å². The largest absolute Gasteiger partial charge is 0.354 e. The van der Waals surface area contributed by atoms with Crippen LogP contribution in [0.3, 0.4) is 0 Å². The number of amides is 1. The van der Waals surface area contributed by atoms with Crippen molar-refractivity contribution < 1.29 is 17.7 Å². The van der Waals surface area contributed by atoms with E-state index in [1.54, 1.807) is 0 Å². The topological polar surface area (TPSA) is 114 Å². The maximum absolute atomic E-state index is 11.7. The van der Waals surface area contributed by atoms with Crippen molar-refractivity contribution in [1.82, 2.24) is 20.2 Å². The molecule has 1 amide bonds. The zero-order valence-electron chi connectivity index (χ0n) is 12.8. The summed E-state index contributed by atoms with van der Waals surface area (Å²) in [6, 6.07) is -0.811. The number of nitrogens with zero attached hydrogens (tertiary/aromatic N) is 2. The van der Waals surface area contributed by atoms with Gasteiger partial charge in [-0.3, -0.25) is 4.79 Å². The van der Waals surface area contributed by atoms with Crippen molar-refractivity contribution >= 4 is 15.9 Å². The van der Waals surface area contributed by atoms with Gasteiger partial charge < -0.3 is 9.84 Å². The predicted molar refractivity (Wildman–Crippen MR) is 79.7 cm³/mol. The van der Waals surface area contributed by atoms with E-state index in [1.807, 2.05) is 0 Å². The first kappa shape index (κ1) is 16.9. The summed E-state index contributed by atoms with van der Waals surface area (Å²) in [6.07, 6.45) is 6.04. The zero-order valence-corrected chi connectivity index (χ0v) is 13.6. The number of sulfonamides is 1. The van der Waals surface area contributed by atoms with Gasteiger partial charge in [-0.25, -0.2) is 13.1 Å². The fourth-order valence-electron chi connectivity index (χ4n) is 2.53. The highest BCUT2D eigenvalue weighted by Crippen LogP contribution is 2.32. The first-order valence-electron chi connectivity index (χ1n) is 7.42. The Morgan fingerprint density at radius 2 is 2.09 bits per heavy atom. The van der Waals surface area contributed by atoms with Gasteiger partial charge in [0.05, 0.1) is 12.3 Å². The average molecular weight is 330 g/mol. The maximum atomic E-state index is 11.7. The van der Waals surface area contributed by atoms with Crippen molar-refractivity contribution in [2.45, 2.75) is 51.0 Å². The van der Waals surface area contributed by atoms with Crippen LogP contribution in [0.4, 0.5) is 0 Å². The first-order valence-corrected chi connectivity index (χ1v) is 9.32. The van der Waals surface area contributed by atoms with E-state index < -0.39 is 16.1 Å². The van der Waals surface area contributed by atoms with Gasteiger partial charge >= 0.3 is 0 Å². The Kier molecular flexibility index (Phi) is 5.52. The normalized spacial score (nSPS) is 17.5. The second-order valence-corrected chi connectivity index (χ2v) is 7.46. The lowest BCUT2D eigenvalue weighted by Gasteiger charge is -2.11. The highest BCUT2D eigenvalue weighted by Gasteiger charge is 2.23. The predicted octanol–water partition coefficient (Wildman–Crippen LogP) is 0.324. The highest BCUT2D eigenvalue weighted by molar-refractivity contribution is 7.88. The van der Waals surface area contributed by atoms with E-state index in [0.717, 1.165) is 19.1 Å². The van der Waals surface area contributed by atoms with Crippen LogP contribution in [0.1, 0.15) is 50.2 Å². The monoisotopic (exact) mass is 330 g/mol. The number of hydrogen-bond acceptors (Lipinski definition) is 6. The molecule has 1 heterocycles. The highest BCUT2D eigenvalue weighted by atomic mass is 32.2. The smallest absolute Gasteiger partial charge is 0.237 e. The van der Waals surface area contributed by atoms with Crippen molar-refractivity contribution in [1.29, 1.82) is 0 Å². The summed E-state index contributed by atoms with van der Waals surface area (Å²) in [6.45, 7) is 1.82. The van der Waals surface area contributed by atoms with E-state index in [1.165, 1.54) is 19.8 Å². The lowest BCUT2D eigenvalue weighted by atomic mass is 10.1. The number of aromatic nitrogens is 2. The molecule has 22 heavy (non-hydrogen) atoms. The van der Waals surface area contributed by atoms with Crippen molar-refractivity contribution in [3.63, 3.8) is 0 Å². The van der Waals surface area contributed by atoms with Crippen molar-refractivity contribution in [3.8, 4) is 0 Å². The molecule has 0 aliphatic heterocycles. The summed E-state index contributed by atoms with van der Waals surface area (Å²) in [7, 11) is -3.40. The van der Waals surface area contributed by atoms with Gasteiger partial charge in [0, 0.05) is 18.9 Å². The number of rotatable bonds is 7. The Morgan fingerprint density at radius 1 is 1.41 bits per heavy atom. The number of carbonyl (C=O) groups excluding carboxylic acids is 1. The van der Waals surface area contributed by atoms with Crippen LogP contribution in [0.5, 0.6) is 0 Å². The molecule has 2 N–H and O–H groups in total. The summed E-state index contributed by atoms with van der Waals surface area (Å²) in [5.74, 6) is 1.23. The number of nitrogens with one attached hydrogen (secondary N) is 2. The second kappa shape index (κ2) is 7.19. The fraction of sp³-hybridized carbons (Fsp3) is 0.769. The maximum Gasteiger partial charge on any atom is 0.237 e. The van der Waals surface area contributed by atoms with E-state index >= 15 is 0 Å². The molecule has 1 saturated carbocycles. The fourth-order valence-corrected chi connectivity index (χ4v) is 3.28. The van der Waals surface area contributed by atoms with Gasteiger partial charge in [0.2, 0.25) is 21.8 Å². The lowest BCUT2D eigenvalue weighted by Crippen LogP contribution is -2.44. The van der Waals surface area contributed by atoms with Crippen LogP contribution >= 0.6 is 0 Å². The molecule has 1 atom stereocenters. The Bertz CT molecular complexity index is 607. The van der Waals surface area contributed by atoms with Crippen LogP contribution in [0, 0.1) is 0 Å². The van der Waals surface area contributed by atoms with Gasteiger partial charge in [-0.2, -0.15) is 4.98 Å². The summed E-state index contributed by atoms with van der Waals surface area (Å²) in [5.41, 5.74) is 0. The van der Waals surface area contributed by atoms with Crippen LogP contribution in [0.15, 0.2) is 4.52 Å². The molecule has 0 bridgehead atoms. The molecular weight excluding hydrogens is 308 g/mol. The molecule has 0 spiro atoms. The minimum absolute atomic E-state index is 0.332. The third-order valence-corrected chi connectivity index (χ3v) is 4.40. The third-order valence-electron chi connectivity index (χ3n) is 3.62. The Morgan fingerprint density at radius 3 is 2.73 bits per heavy atom. The molecule has 124 valence electrons. The number of hydrogen-bond donors (Lipinski definition) is 2. The molecule has 1 aromatic rings. The van der Waals surface area contributed by atoms with Crippen molar-refractivity contribution in [2.24, 2.45) is 0 Å². The van der Waals surface area contributed by atoms with Crippen LogP contribution in [0.25, 0.3) is 0 Å². The SMILES string of the molecule is CC(NS(C)(=O)=O)C(=O)NCCc1noc(C2CCCC2)n1. The summed E-state index contributed by atoms with van der Waals surface area (Å²) in [4.78, 5) is 16.1. The summed E-state index contributed by atoms with van der Waals surface area (Å²) < 4.78 is 29.6. The van der Waals surface area contributed by atoms with Crippen LogP contribution in [-0.2, 0) is 21.2 Å². The van der Waals surface area contributed by atoms with Crippen LogP contribution in [-0.4, -0.2) is 43.3 Å². The minimum Gasteiger partial charge on any atom is -0.354 e. The van der Waals surface area contributed by atoms with E-state index in [-0.39, 0.29) is 5.91 Å². The van der Waals surface area contributed by atoms with E-state index in [9.17, 15) is 13.2 Å². The van der Waals surface area contributed by atoms with Crippen molar-refractivity contribution in [3.05, 3.63) is 11.7 Å². The van der Waals surface area contributed by atoms with E-state index in [2.05, 4.69) is 20.2 Å². The molecule has 1 unspecified atom stereocenters. The molecule has 2 rings (SSSR count). The summed E-state index contributed by atoms with van der Waals surface area (Å²) >= 11 is 0. The second-order valence-electron chi connectivity index (χ2n) is 5.68. The Labute approximate surface area is 130 Å². The molecule has 9 heteroatoms. The molecule has 0 radical (unpaired) electrons. The Hall–Kier alpha value is -1.48. The first-order chi connectivity index (χ1) is 10.3. The quantitative estimate of drug-likeness (QED) is 0.744. The van der Waals surface area contributed by atoms with Gasteiger partial charge in [-0.1, -0.05) is 18.0 Å². The van der Waals surface area contributed by atoms with E-state index in [0.29, 0.717) is 30.6 Å². The van der Waals surface area contributed by atoms with Gasteiger partial charge in [0.1, 0.15) is 0 Å². The van der Waals surface area contributed by atoms with E-state index in [4.69, 9.17) is 4.52 Å². The Balaban J connectivity index is 1.75. The standard InChI is InChI=1S/C13H22N4O4S/c1-9(17-22(2,19)20)12(18)14-8-7-11-15-13(21-16-11)10-5-3-4-6-10/h9-10,17H,3-8H2,1-2H3,(H,14,18). The van der Waals surface area contributed by atoms with Gasteiger partial charge in [0.15, 0.2) is 5.82 Å². The molecule has 1 fully saturated rings. The number of carbonyl (C=O) groups is 1. The van der Waals surface area contributed by atoms with Crippen LogP contribution < -0.4 is 10.0 Å².